The van der Waals surface area contributed by atoms with E-state index in [9.17, 15) is 10.1 Å². The maximum absolute atomic E-state index is 10.6. The van der Waals surface area contributed by atoms with Crippen LogP contribution in [0.15, 0.2) is 18.2 Å². The first kappa shape index (κ1) is 10.1. The Labute approximate surface area is 87.6 Å². The highest BCUT2D eigenvalue weighted by atomic mass is 16.6. The van der Waals surface area contributed by atoms with Crippen molar-refractivity contribution in [2.24, 2.45) is 0 Å². The standard InChI is InChI=1S/C10H13N3O2/c1-7-6-8(9-4-5-11-12-9)2-3-10(7)13(14)15/h2-3,6,9,11-12H,4-5H2,1H3. The SMILES string of the molecule is Cc1cc(C2CCNN2)ccc1[N+](=O)[O-]. The van der Waals surface area contributed by atoms with E-state index in [0.717, 1.165) is 18.5 Å². The van der Waals surface area contributed by atoms with Gasteiger partial charge in [-0.15, -0.1) is 0 Å². The molecule has 80 valence electrons. The number of nitro groups is 1. The fourth-order valence-corrected chi connectivity index (χ4v) is 1.83. The molecule has 2 N–H and O–H groups in total. The van der Waals surface area contributed by atoms with Gasteiger partial charge in [-0.1, -0.05) is 6.07 Å². The van der Waals surface area contributed by atoms with E-state index in [1.807, 2.05) is 12.1 Å². The van der Waals surface area contributed by atoms with Crippen LogP contribution >= 0.6 is 0 Å². The molecule has 1 aromatic carbocycles. The number of rotatable bonds is 2. The van der Waals surface area contributed by atoms with Crippen LogP contribution in [0.2, 0.25) is 0 Å². The van der Waals surface area contributed by atoms with Gasteiger partial charge in [0.15, 0.2) is 0 Å². The lowest BCUT2D eigenvalue weighted by molar-refractivity contribution is -0.385. The van der Waals surface area contributed by atoms with E-state index in [1.54, 1.807) is 13.0 Å². The van der Waals surface area contributed by atoms with E-state index in [0.29, 0.717) is 5.56 Å². The fraction of sp³-hybridized carbons (Fsp3) is 0.400. The van der Waals surface area contributed by atoms with Crippen molar-refractivity contribution >= 4 is 5.69 Å². The Morgan fingerprint density at radius 2 is 2.33 bits per heavy atom. The second kappa shape index (κ2) is 3.96. The molecule has 0 radical (unpaired) electrons. The van der Waals surface area contributed by atoms with Gasteiger partial charge in [0.25, 0.3) is 5.69 Å². The minimum absolute atomic E-state index is 0.185. The molecule has 15 heavy (non-hydrogen) atoms. The summed E-state index contributed by atoms with van der Waals surface area (Å²) < 4.78 is 0. The maximum atomic E-state index is 10.6. The molecule has 2 rings (SSSR count). The highest BCUT2D eigenvalue weighted by molar-refractivity contribution is 5.42. The highest BCUT2D eigenvalue weighted by Crippen LogP contribution is 2.24. The Kier molecular flexibility index (Phi) is 2.66. The van der Waals surface area contributed by atoms with Gasteiger partial charge in [0.2, 0.25) is 0 Å². The predicted molar refractivity (Wildman–Crippen MR) is 56.3 cm³/mol. The summed E-state index contributed by atoms with van der Waals surface area (Å²) in [6.45, 7) is 2.70. The molecule has 0 spiro atoms. The number of nitro benzene ring substituents is 1. The zero-order valence-electron chi connectivity index (χ0n) is 8.49. The summed E-state index contributed by atoms with van der Waals surface area (Å²) in [4.78, 5) is 10.3. The van der Waals surface area contributed by atoms with Crippen LogP contribution < -0.4 is 10.9 Å². The zero-order valence-corrected chi connectivity index (χ0v) is 8.49. The second-order valence-corrected chi connectivity index (χ2v) is 3.72. The first-order chi connectivity index (χ1) is 7.18. The summed E-state index contributed by atoms with van der Waals surface area (Å²) in [6.07, 6.45) is 1.01. The number of hydrazine groups is 1. The van der Waals surface area contributed by atoms with Gasteiger partial charge in [-0.2, -0.15) is 0 Å². The van der Waals surface area contributed by atoms with Crippen molar-refractivity contribution in [3.05, 3.63) is 39.4 Å². The number of hydrogen-bond acceptors (Lipinski definition) is 4. The van der Waals surface area contributed by atoms with Crippen LogP contribution in [0, 0.1) is 17.0 Å². The topological polar surface area (TPSA) is 67.2 Å². The molecular formula is C10H13N3O2. The summed E-state index contributed by atoms with van der Waals surface area (Å²) in [5.41, 5.74) is 8.17. The van der Waals surface area contributed by atoms with Crippen LogP contribution in [0.4, 0.5) is 5.69 Å². The van der Waals surface area contributed by atoms with Crippen LogP contribution in [0.3, 0.4) is 0 Å². The Morgan fingerprint density at radius 3 is 2.87 bits per heavy atom. The number of nitrogens with zero attached hydrogens (tertiary/aromatic N) is 1. The predicted octanol–water partition coefficient (Wildman–Crippen LogP) is 1.44. The van der Waals surface area contributed by atoms with Crippen molar-refractivity contribution in [1.82, 2.24) is 10.9 Å². The average molecular weight is 207 g/mol. The number of aryl methyl sites for hydroxylation is 1. The Balaban J connectivity index is 2.28. The van der Waals surface area contributed by atoms with Crippen LogP contribution in [0.5, 0.6) is 0 Å². The molecule has 1 aliphatic heterocycles. The van der Waals surface area contributed by atoms with Gasteiger partial charge < -0.3 is 0 Å². The van der Waals surface area contributed by atoms with Crippen molar-refractivity contribution < 1.29 is 4.92 Å². The minimum atomic E-state index is -0.348. The molecule has 5 nitrogen and oxygen atoms in total. The molecule has 0 saturated carbocycles. The van der Waals surface area contributed by atoms with Crippen molar-refractivity contribution in [3.8, 4) is 0 Å². The normalized spacial score (nSPS) is 20.5. The lowest BCUT2D eigenvalue weighted by Gasteiger charge is -2.10. The molecule has 1 unspecified atom stereocenters. The van der Waals surface area contributed by atoms with Crippen LogP contribution in [0.1, 0.15) is 23.6 Å². The Morgan fingerprint density at radius 1 is 1.53 bits per heavy atom. The smallest absolute Gasteiger partial charge is 0.258 e. The van der Waals surface area contributed by atoms with Gasteiger partial charge in [-0.3, -0.25) is 21.0 Å². The lowest BCUT2D eigenvalue weighted by atomic mass is 10.0. The summed E-state index contributed by atoms with van der Waals surface area (Å²) >= 11 is 0. The molecule has 1 aliphatic rings. The molecule has 0 bridgehead atoms. The molecule has 1 heterocycles. The molecule has 1 atom stereocenters. The van der Waals surface area contributed by atoms with Gasteiger partial charge in [-0.25, -0.2) is 0 Å². The summed E-state index contributed by atoms with van der Waals surface area (Å²) in [7, 11) is 0. The summed E-state index contributed by atoms with van der Waals surface area (Å²) in [5, 5.41) is 10.6. The van der Waals surface area contributed by atoms with Crippen molar-refractivity contribution in [1.29, 1.82) is 0 Å². The third-order valence-electron chi connectivity index (χ3n) is 2.65. The zero-order chi connectivity index (χ0) is 10.8. The van der Waals surface area contributed by atoms with Gasteiger partial charge in [0.05, 0.1) is 4.92 Å². The largest absolute Gasteiger partial charge is 0.272 e. The Hall–Kier alpha value is -1.46. The maximum Gasteiger partial charge on any atom is 0.272 e. The van der Waals surface area contributed by atoms with Gasteiger partial charge in [-0.05, 0) is 25.0 Å². The third-order valence-corrected chi connectivity index (χ3v) is 2.65. The molecule has 1 saturated heterocycles. The Bertz CT molecular complexity index is 386. The highest BCUT2D eigenvalue weighted by Gasteiger charge is 2.18. The van der Waals surface area contributed by atoms with Gasteiger partial charge in [0, 0.05) is 24.2 Å². The molecule has 5 heteroatoms. The van der Waals surface area contributed by atoms with Crippen molar-refractivity contribution in [3.63, 3.8) is 0 Å². The molecular weight excluding hydrogens is 194 g/mol. The first-order valence-corrected chi connectivity index (χ1v) is 4.92. The monoisotopic (exact) mass is 207 g/mol. The summed E-state index contributed by atoms with van der Waals surface area (Å²) in [6, 6.07) is 5.54. The molecule has 1 fully saturated rings. The molecule has 0 aromatic heterocycles. The van der Waals surface area contributed by atoms with Crippen LogP contribution in [-0.4, -0.2) is 11.5 Å². The van der Waals surface area contributed by atoms with Gasteiger partial charge >= 0.3 is 0 Å². The van der Waals surface area contributed by atoms with E-state index in [2.05, 4.69) is 10.9 Å². The minimum Gasteiger partial charge on any atom is -0.258 e. The summed E-state index contributed by atoms with van der Waals surface area (Å²) in [5.74, 6) is 0. The van der Waals surface area contributed by atoms with Gasteiger partial charge in [0.1, 0.15) is 0 Å². The molecule has 1 aromatic rings. The first-order valence-electron chi connectivity index (χ1n) is 4.92. The van der Waals surface area contributed by atoms with E-state index >= 15 is 0 Å². The third kappa shape index (κ3) is 1.98. The van der Waals surface area contributed by atoms with E-state index in [1.165, 1.54) is 0 Å². The molecule has 0 aliphatic carbocycles. The number of benzene rings is 1. The quantitative estimate of drug-likeness (QED) is 0.569. The number of nitrogens with one attached hydrogen (secondary N) is 2. The number of hydrogen-bond donors (Lipinski definition) is 2. The average Bonchev–Trinajstić information content (AvgIpc) is 2.69. The molecule has 0 amide bonds. The van der Waals surface area contributed by atoms with E-state index in [4.69, 9.17) is 0 Å². The van der Waals surface area contributed by atoms with Crippen LogP contribution in [-0.2, 0) is 0 Å². The van der Waals surface area contributed by atoms with E-state index in [-0.39, 0.29) is 16.7 Å². The van der Waals surface area contributed by atoms with Crippen LogP contribution in [0.25, 0.3) is 0 Å². The lowest BCUT2D eigenvalue weighted by Crippen LogP contribution is -2.24. The van der Waals surface area contributed by atoms with Crippen molar-refractivity contribution in [2.45, 2.75) is 19.4 Å². The van der Waals surface area contributed by atoms with Crippen molar-refractivity contribution in [2.75, 3.05) is 6.54 Å². The second-order valence-electron chi connectivity index (χ2n) is 3.72. The van der Waals surface area contributed by atoms with E-state index < -0.39 is 0 Å². The fourth-order valence-electron chi connectivity index (χ4n) is 1.83.